The molecule has 1 heterocycles. The zero-order valence-electron chi connectivity index (χ0n) is 14.7. The Morgan fingerprint density at radius 3 is 2.56 bits per heavy atom. The molecule has 0 radical (unpaired) electrons. The minimum absolute atomic E-state index is 0.199. The lowest BCUT2D eigenvalue weighted by Gasteiger charge is -2.33. The Labute approximate surface area is 164 Å². The lowest BCUT2D eigenvalue weighted by Crippen LogP contribution is -2.46. The summed E-state index contributed by atoms with van der Waals surface area (Å²) in [6, 6.07) is 16.2. The van der Waals surface area contributed by atoms with Crippen molar-refractivity contribution >= 4 is 27.5 Å². The van der Waals surface area contributed by atoms with Crippen LogP contribution in [0.3, 0.4) is 0 Å². The van der Waals surface area contributed by atoms with Gasteiger partial charge in [-0.05, 0) is 23.3 Å². The lowest BCUT2D eigenvalue weighted by atomic mass is 10.1. The number of morpholine rings is 1. The van der Waals surface area contributed by atoms with E-state index in [9.17, 15) is 13.2 Å². The molecule has 0 saturated carbocycles. The second kappa shape index (κ2) is 8.84. The zero-order chi connectivity index (χ0) is 19.3. The van der Waals surface area contributed by atoms with Gasteiger partial charge in [-0.2, -0.15) is 0 Å². The number of nitrogens with one attached hydrogen (secondary N) is 1. The number of amides is 1. The van der Waals surface area contributed by atoms with Crippen molar-refractivity contribution in [3.63, 3.8) is 0 Å². The van der Waals surface area contributed by atoms with Crippen LogP contribution in [0.4, 0.5) is 0 Å². The Morgan fingerprint density at radius 1 is 1.15 bits per heavy atom. The zero-order valence-corrected chi connectivity index (χ0v) is 16.2. The molecule has 1 atom stereocenters. The minimum Gasteiger partial charge on any atom is -0.370 e. The molecule has 2 aromatic rings. The van der Waals surface area contributed by atoms with Crippen LogP contribution in [0.15, 0.2) is 54.6 Å². The van der Waals surface area contributed by atoms with E-state index < -0.39 is 10.0 Å². The number of rotatable bonds is 6. The highest BCUT2D eigenvalue weighted by atomic mass is 35.5. The molecule has 2 aromatic carbocycles. The molecule has 6 nitrogen and oxygen atoms in total. The van der Waals surface area contributed by atoms with Gasteiger partial charge in [0.2, 0.25) is 15.9 Å². The highest BCUT2D eigenvalue weighted by Gasteiger charge is 2.26. The summed E-state index contributed by atoms with van der Waals surface area (Å²) in [6.45, 7) is 1.00. The van der Waals surface area contributed by atoms with Gasteiger partial charge in [-0.25, -0.2) is 13.1 Å². The average molecular weight is 409 g/mol. The maximum atomic E-state index is 12.4. The van der Waals surface area contributed by atoms with Crippen LogP contribution in [-0.4, -0.2) is 45.5 Å². The van der Waals surface area contributed by atoms with Gasteiger partial charge in [0.25, 0.3) is 0 Å². The van der Waals surface area contributed by atoms with Crippen molar-refractivity contribution in [1.82, 2.24) is 9.62 Å². The first kappa shape index (κ1) is 19.8. The monoisotopic (exact) mass is 408 g/mol. The van der Waals surface area contributed by atoms with Gasteiger partial charge in [0, 0.05) is 11.6 Å². The molecule has 3 rings (SSSR count). The first-order chi connectivity index (χ1) is 12.9. The van der Waals surface area contributed by atoms with Gasteiger partial charge < -0.3 is 9.64 Å². The third kappa shape index (κ3) is 5.77. The first-order valence-corrected chi connectivity index (χ1v) is 10.6. The van der Waals surface area contributed by atoms with Crippen molar-refractivity contribution in [3.8, 4) is 0 Å². The molecular formula is C19H21ClN2O4S. The molecule has 0 bridgehead atoms. The molecule has 1 aliphatic rings. The van der Waals surface area contributed by atoms with Gasteiger partial charge in [-0.1, -0.05) is 54.1 Å². The molecule has 1 aliphatic heterocycles. The van der Waals surface area contributed by atoms with Crippen LogP contribution in [0.5, 0.6) is 0 Å². The Balaban J connectivity index is 1.54. The molecule has 1 N–H and O–H groups in total. The van der Waals surface area contributed by atoms with Crippen LogP contribution >= 0.6 is 11.6 Å². The van der Waals surface area contributed by atoms with Crippen molar-refractivity contribution < 1.29 is 17.9 Å². The van der Waals surface area contributed by atoms with E-state index in [0.29, 0.717) is 30.3 Å². The largest absolute Gasteiger partial charge is 0.370 e. The summed E-state index contributed by atoms with van der Waals surface area (Å²) in [4.78, 5) is 14.1. The highest BCUT2D eigenvalue weighted by molar-refractivity contribution is 7.88. The molecular weight excluding hydrogens is 388 g/mol. The number of hydrogen-bond donors (Lipinski definition) is 1. The summed E-state index contributed by atoms with van der Waals surface area (Å²) in [6.07, 6.45) is -0.199. The number of nitrogens with zero attached hydrogens (tertiary/aromatic N) is 1. The standard InChI is InChI=1S/C19H21ClN2O4S/c20-17-8-6-15(7-9-17)14-27(24,25)21-12-19(23)22-10-11-26-18(13-22)16-4-2-1-3-5-16/h1-9,18,21H,10-14H2. The SMILES string of the molecule is O=C(CNS(=O)(=O)Cc1ccc(Cl)cc1)N1CCOC(c2ccccc2)C1. The number of carbonyl (C=O) groups is 1. The molecule has 1 amide bonds. The molecule has 1 fully saturated rings. The van der Waals surface area contributed by atoms with E-state index >= 15 is 0 Å². The molecule has 8 heteroatoms. The van der Waals surface area contributed by atoms with E-state index in [1.165, 1.54) is 0 Å². The fourth-order valence-electron chi connectivity index (χ4n) is 2.88. The fourth-order valence-corrected chi connectivity index (χ4v) is 4.08. The second-order valence-electron chi connectivity index (χ2n) is 6.32. The van der Waals surface area contributed by atoms with Crippen LogP contribution < -0.4 is 4.72 Å². The topological polar surface area (TPSA) is 75.7 Å². The Kier molecular flexibility index (Phi) is 6.49. The summed E-state index contributed by atoms with van der Waals surface area (Å²) in [5.74, 6) is -0.466. The third-order valence-electron chi connectivity index (χ3n) is 4.30. The number of benzene rings is 2. The van der Waals surface area contributed by atoms with Crippen molar-refractivity contribution in [2.75, 3.05) is 26.2 Å². The minimum atomic E-state index is -3.62. The Morgan fingerprint density at radius 2 is 1.85 bits per heavy atom. The van der Waals surface area contributed by atoms with Gasteiger partial charge in [0.05, 0.1) is 25.4 Å². The molecule has 1 unspecified atom stereocenters. The van der Waals surface area contributed by atoms with E-state index in [2.05, 4.69) is 4.72 Å². The van der Waals surface area contributed by atoms with Crippen molar-refractivity contribution in [2.45, 2.75) is 11.9 Å². The second-order valence-corrected chi connectivity index (χ2v) is 8.56. The molecule has 27 heavy (non-hydrogen) atoms. The Hall–Kier alpha value is -1.93. The normalized spacial score (nSPS) is 17.7. The highest BCUT2D eigenvalue weighted by Crippen LogP contribution is 2.21. The smallest absolute Gasteiger partial charge is 0.237 e. The van der Waals surface area contributed by atoms with Gasteiger partial charge in [0.15, 0.2) is 0 Å². The molecule has 1 saturated heterocycles. The number of sulfonamides is 1. The number of hydrogen-bond acceptors (Lipinski definition) is 4. The van der Waals surface area contributed by atoms with Crippen molar-refractivity contribution in [3.05, 3.63) is 70.7 Å². The van der Waals surface area contributed by atoms with Crippen LogP contribution in [0, 0.1) is 0 Å². The number of halogens is 1. The van der Waals surface area contributed by atoms with Crippen LogP contribution in [0.25, 0.3) is 0 Å². The van der Waals surface area contributed by atoms with E-state index in [1.54, 1.807) is 29.2 Å². The predicted octanol–water partition coefficient (Wildman–Crippen LogP) is 2.36. The van der Waals surface area contributed by atoms with E-state index in [1.807, 2.05) is 30.3 Å². The fraction of sp³-hybridized carbons (Fsp3) is 0.316. The maximum absolute atomic E-state index is 12.4. The molecule has 144 valence electrons. The first-order valence-electron chi connectivity index (χ1n) is 8.59. The van der Waals surface area contributed by atoms with E-state index in [4.69, 9.17) is 16.3 Å². The van der Waals surface area contributed by atoms with Crippen LogP contribution in [0.2, 0.25) is 5.02 Å². The van der Waals surface area contributed by atoms with Crippen molar-refractivity contribution in [1.29, 1.82) is 0 Å². The van der Waals surface area contributed by atoms with E-state index in [0.717, 1.165) is 5.56 Å². The van der Waals surface area contributed by atoms with Gasteiger partial charge >= 0.3 is 0 Å². The Bertz CT molecular complexity index is 872. The number of carbonyl (C=O) groups excluding carboxylic acids is 1. The van der Waals surface area contributed by atoms with Gasteiger partial charge in [-0.3, -0.25) is 4.79 Å². The lowest BCUT2D eigenvalue weighted by molar-refractivity contribution is -0.137. The quantitative estimate of drug-likeness (QED) is 0.796. The number of ether oxygens (including phenoxy) is 1. The average Bonchev–Trinajstić information content (AvgIpc) is 2.69. The maximum Gasteiger partial charge on any atom is 0.237 e. The van der Waals surface area contributed by atoms with Crippen LogP contribution in [0.1, 0.15) is 17.2 Å². The summed E-state index contributed by atoms with van der Waals surface area (Å²) < 4.78 is 32.6. The van der Waals surface area contributed by atoms with Crippen LogP contribution in [-0.2, 0) is 25.3 Å². The predicted molar refractivity (Wildman–Crippen MR) is 104 cm³/mol. The molecule has 0 aliphatic carbocycles. The summed E-state index contributed by atoms with van der Waals surface area (Å²) in [5.41, 5.74) is 1.60. The summed E-state index contributed by atoms with van der Waals surface area (Å²) in [5, 5.41) is 0.541. The summed E-state index contributed by atoms with van der Waals surface area (Å²) in [7, 11) is -3.62. The molecule has 0 aromatic heterocycles. The molecule has 0 spiro atoms. The van der Waals surface area contributed by atoms with Crippen molar-refractivity contribution in [2.24, 2.45) is 0 Å². The van der Waals surface area contributed by atoms with E-state index in [-0.39, 0.29) is 24.3 Å². The van der Waals surface area contributed by atoms with Gasteiger partial charge in [-0.15, -0.1) is 0 Å². The third-order valence-corrected chi connectivity index (χ3v) is 5.85. The van der Waals surface area contributed by atoms with Gasteiger partial charge in [0.1, 0.15) is 6.10 Å². The summed E-state index contributed by atoms with van der Waals surface area (Å²) >= 11 is 5.80.